The van der Waals surface area contributed by atoms with Gasteiger partial charge in [0.25, 0.3) is 11.7 Å². The third-order valence-corrected chi connectivity index (χ3v) is 6.30. The Morgan fingerprint density at radius 2 is 1.94 bits per heavy atom. The number of amides is 1. The number of carbonyl (C=O) groups is 2. The Balaban J connectivity index is 1.94. The van der Waals surface area contributed by atoms with Crippen LogP contribution >= 0.6 is 11.6 Å². The van der Waals surface area contributed by atoms with Crippen LogP contribution in [0.25, 0.3) is 5.76 Å². The minimum absolute atomic E-state index is 0.0104. The lowest BCUT2D eigenvalue weighted by Gasteiger charge is -2.26. The summed E-state index contributed by atoms with van der Waals surface area (Å²) < 4.78 is 5.74. The summed E-state index contributed by atoms with van der Waals surface area (Å²) >= 11 is 6.14. The maximum Gasteiger partial charge on any atom is 0.300 e. The largest absolute Gasteiger partial charge is 0.507 e. The molecule has 0 aliphatic carbocycles. The molecule has 1 aliphatic rings. The van der Waals surface area contributed by atoms with Crippen LogP contribution in [-0.2, 0) is 9.59 Å². The summed E-state index contributed by atoms with van der Waals surface area (Å²) in [6, 6.07) is 13.1. The Bertz CT molecular complexity index is 1320. The minimum Gasteiger partial charge on any atom is -0.507 e. The molecule has 1 saturated heterocycles. The highest BCUT2D eigenvalue weighted by Gasteiger charge is 2.47. The molecule has 1 aliphatic heterocycles. The number of ether oxygens (including phenoxy) is 1. The smallest absolute Gasteiger partial charge is 0.300 e. The Labute approximate surface area is 209 Å². The van der Waals surface area contributed by atoms with Crippen LogP contribution < -0.4 is 9.64 Å². The van der Waals surface area contributed by atoms with Gasteiger partial charge in [0.15, 0.2) is 0 Å². The van der Waals surface area contributed by atoms with Crippen molar-refractivity contribution in [2.45, 2.75) is 39.7 Å². The quantitative estimate of drug-likeness (QED) is 0.253. The predicted octanol–water partition coefficient (Wildman–Crippen LogP) is 6.19. The van der Waals surface area contributed by atoms with E-state index in [1.165, 1.54) is 4.90 Å². The highest BCUT2D eigenvalue weighted by atomic mass is 35.5. The molecule has 0 saturated carbocycles. The predicted molar refractivity (Wildman–Crippen MR) is 137 cm³/mol. The highest BCUT2D eigenvalue weighted by molar-refractivity contribution is 6.51. The van der Waals surface area contributed by atoms with Crippen molar-refractivity contribution in [2.75, 3.05) is 11.5 Å². The number of carbonyl (C=O) groups excluding carboxylic acids is 2. The van der Waals surface area contributed by atoms with Gasteiger partial charge in [-0.2, -0.15) is 0 Å². The molecule has 0 bridgehead atoms. The first kappa shape index (κ1) is 24.5. The van der Waals surface area contributed by atoms with E-state index in [1.807, 2.05) is 33.8 Å². The van der Waals surface area contributed by atoms with Gasteiger partial charge < -0.3 is 9.84 Å². The first-order valence-electron chi connectivity index (χ1n) is 11.5. The van der Waals surface area contributed by atoms with E-state index in [2.05, 4.69) is 4.98 Å². The summed E-state index contributed by atoms with van der Waals surface area (Å²) in [5.74, 6) is -0.875. The molecule has 2 aromatic carbocycles. The Morgan fingerprint density at radius 3 is 2.57 bits per heavy atom. The van der Waals surface area contributed by atoms with E-state index in [1.54, 1.807) is 54.9 Å². The molecule has 0 radical (unpaired) electrons. The van der Waals surface area contributed by atoms with Crippen molar-refractivity contribution in [2.24, 2.45) is 0 Å². The fourth-order valence-electron chi connectivity index (χ4n) is 4.41. The number of hydrogen-bond donors (Lipinski definition) is 1. The van der Waals surface area contributed by atoms with E-state index in [-0.39, 0.29) is 17.3 Å². The molecule has 2 heterocycles. The van der Waals surface area contributed by atoms with Crippen LogP contribution in [0.4, 0.5) is 5.69 Å². The van der Waals surface area contributed by atoms with E-state index < -0.39 is 17.7 Å². The van der Waals surface area contributed by atoms with Gasteiger partial charge in [0.2, 0.25) is 0 Å². The molecule has 1 atom stereocenters. The topological polar surface area (TPSA) is 79.7 Å². The standard InChI is InChI=1S/C28H27ClN2O4/c1-5-35-23-11-8-18(14-21(23)16(2)3)26(32)24-25(19-7-6-12-30-15-19)31(28(34)27(24)33)22-10-9-20(29)13-17(22)4/h6-16,25,32H,5H2,1-4H3/b26-24-. The van der Waals surface area contributed by atoms with Crippen molar-refractivity contribution in [3.8, 4) is 5.75 Å². The van der Waals surface area contributed by atoms with Gasteiger partial charge in [-0.25, -0.2) is 0 Å². The normalized spacial score (nSPS) is 17.3. The number of hydrogen-bond acceptors (Lipinski definition) is 5. The van der Waals surface area contributed by atoms with Crippen LogP contribution in [0.3, 0.4) is 0 Å². The third-order valence-electron chi connectivity index (χ3n) is 6.07. The van der Waals surface area contributed by atoms with E-state index >= 15 is 0 Å². The molecule has 1 amide bonds. The Kier molecular flexibility index (Phi) is 6.94. The van der Waals surface area contributed by atoms with Gasteiger partial charge in [-0.1, -0.05) is 31.5 Å². The van der Waals surface area contributed by atoms with Crippen LogP contribution in [0, 0.1) is 6.92 Å². The molecular formula is C28H27ClN2O4. The fourth-order valence-corrected chi connectivity index (χ4v) is 4.64. The average Bonchev–Trinajstić information content (AvgIpc) is 3.10. The van der Waals surface area contributed by atoms with Gasteiger partial charge in [-0.3, -0.25) is 19.5 Å². The number of pyridine rings is 1. The van der Waals surface area contributed by atoms with E-state index in [4.69, 9.17) is 16.3 Å². The Hall–Kier alpha value is -3.64. The third kappa shape index (κ3) is 4.54. The van der Waals surface area contributed by atoms with Gasteiger partial charge >= 0.3 is 0 Å². The number of aryl methyl sites for hydroxylation is 1. The fraction of sp³-hybridized carbons (Fsp3) is 0.250. The van der Waals surface area contributed by atoms with Crippen molar-refractivity contribution in [1.82, 2.24) is 4.98 Å². The first-order chi connectivity index (χ1) is 16.7. The monoisotopic (exact) mass is 490 g/mol. The molecule has 4 rings (SSSR count). The lowest BCUT2D eigenvalue weighted by Crippen LogP contribution is -2.30. The molecule has 1 aromatic heterocycles. The number of ketones is 1. The van der Waals surface area contributed by atoms with E-state index in [0.29, 0.717) is 28.4 Å². The summed E-state index contributed by atoms with van der Waals surface area (Å²) in [5, 5.41) is 12.0. The molecule has 180 valence electrons. The number of Topliss-reactive ketones (excluding diaryl/α,β-unsaturated/α-hetero) is 1. The molecule has 1 unspecified atom stereocenters. The van der Waals surface area contributed by atoms with Gasteiger partial charge in [0.05, 0.1) is 18.2 Å². The molecule has 3 aromatic rings. The molecular weight excluding hydrogens is 464 g/mol. The summed E-state index contributed by atoms with van der Waals surface area (Å²) in [6.45, 7) is 8.30. The van der Waals surface area contributed by atoms with Crippen molar-refractivity contribution in [1.29, 1.82) is 0 Å². The number of rotatable bonds is 6. The van der Waals surface area contributed by atoms with Crippen molar-refractivity contribution in [3.05, 3.63) is 93.8 Å². The average molecular weight is 491 g/mol. The van der Waals surface area contributed by atoms with Crippen molar-refractivity contribution in [3.63, 3.8) is 0 Å². The maximum absolute atomic E-state index is 13.4. The van der Waals surface area contributed by atoms with E-state index in [0.717, 1.165) is 16.9 Å². The molecule has 1 N–H and O–H groups in total. The van der Waals surface area contributed by atoms with Gasteiger partial charge in [-0.15, -0.1) is 0 Å². The Morgan fingerprint density at radius 1 is 1.17 bits per heavy atom. The summed E-state index contributed by atoms with van der Waals surface area (Å²) in [6.07, 6.45) is 3.21. The molecule has 7 heteroatoms. The zero-order valence-corrected chi connectivity index (χ0v) is 20.8. The van der Waals surface area contributed by atoms with Crippen molar-refractivity contribution < 1.29 is 19.4 Å². The SMILES string of the molecule is CCOc1ccc(/C(O)=C2/C(=O)C(=O)N(c3ccc(Cl)cc3C)C2c2cccnc2)cc1C(C)C. The first-order valence-corrected chi connectivity index (χ1v) is 11.9. The van der Waals surface area contributed by atoms with Crippen LogP contribution in [0.1, 0.15) is 55.0 Å². The molecule has 35 heavy (non-hydrogen) atoms. The lowest BCUT2D eigenvalue weighted by atomic mass is 9.93. The summed E-state index contributed by atoms with van der Waals surface area (Å²) in [7, 11) is 0. The summed E-state index contributed by atoms with van der Waals surface area (Å²) in [4.78, 5) is 32.3. The van der Waals surface area contributed by atoms with E-state index in [9.17, 15) is 14.7 Å². The van der Waals surface area contributed by atoms with Crippen LogP contribution in [0.5, 0.6) is 5.75 Å². The summed E-state index contributed by atoms with van der Waals surface area (Å²) in [5.41, 5.74) is 3.23. The molecule has 1 fully saturated rings. The maximum atomic E-state index is 13.4. The molecule has 0 spiro atoms. The second-order valence-electron chi connectivity index (χ2n) is 8.73. The zero-order chi connectivity index (χ0) is 25.3. The second kappa shape index (κ2) is 9.92. The van der Waals surface area contributed by atoms with Crippen LogP contribution in [-0.4, -0.2) is 28.4 Å². The number of anilines is 1. The zero-order valence-electron chi connectivity index (χ0n) is 20.1. The number of halogens is 1. The number of nitrogens with zero attached hydrogens (tertiary/aromatic N) is 2. The molecule has 6 nitrogen and oxygen atoms in total. The van der Waals surface area contributed by atoms with Gasteiger partial charge in [0, 0.05) is 28.7 Å². The van der Waals surface area contributed by atoms with Crippen LogP contribution in [0.15, 0.2) is 66.5 Å². The number of aliphatic hydroxyl groups is 1. The lowest BCUT2D eigenvalue weighted by molar-refractivity contribution is -0.132. The number of aliphatic hydroxyl groups excluding tert-OH is 1. The number of benzene rings is 2. The van der Waals surface area contributed by atoms with Crippen molar-refractivity contribution >= 4 is 34.7 Å². The van der Waals surface area contributed by atoms with Crippen LogP contribution in [0.2, 0.25) is 5.02 Å². The van der Waals surface area contributed by atoms with Gasteiger partial charge in [0.1, 0.15) is 11.5 Å². The highest BCUT2D eigenvalue weighted by Crippen LogP contribution is 2.43. The minimum atomic E-state index is -0.849. The second-order valence-corrected chi connectivity index (χ2v) is 9.16. The van der Waals surface area contributed by atoms with Gasteiger partial charge in [-0.05, 0) is 78.9 Å². The number of aromatic nitrogens is 1.